The molecule has 1 atom stereocenters. The average Bonchev–Trinajstić information content (AvgIpc) is 2.68. The number of nitro groups is 1. The fourth-order valence-electron chi connectivity index (χ4n) is 2.60. The van der Waals surface area contributed by atoms with Crippen molar-refractivity contribution in [3.63, 3.8) is 0 Å². The van der Waals surface area contributed by atoms with Gasteiger partial charge in [0.1, 0.15) is 11.4 Å². The van der Waals surface area contributed by atoms with Crippen molar-refractivity contribution in [2.24, 2.45) is 10.9 Å². The Morgan fingerprint density at radius 3 is 2.52 bits per heavy atom. The number of urea groups is 1. The molecule has 0 saturated carbocycles. The minimum atomic E-state index is -1.42. The van der Waals surface area contributed by atoms with E-state index in [-0.39, 0.29) is 22.8 Å². The van der Waals surface area contributed by atoms with Crippen LogP contribution in [-0.2, 0) is 9.59 Å². The van der Waals surface area contributed by atoms with Crippen LogP contribution in [0.5, 0.6) is 5.75 Å². The van der Waals surface area contributed by atoms with Gasteiger partial charge in [0.25, 0.3) is 11.6 Å². The third-order valence-corrected chi connectivity index (χ3v) is 4.27. The van der Waals surface area contributed by atoms with Gasteiger partial charge in [0.15, 0.2) is 5.92 Å². The minimum Gasteiger partial charge on any atom is -0.494 e. The van der Waals surface area contributed by atoms with E-state index in [0.29, 0.717) is 5.02 Å². The lowest BCUT2D eigenvalue weighted by Gasteiger charge is -2.28. The molecule has 0 aliphatic carbocycles. The molecule has 3 rings (SSSR count). The molecule has 1 aliphatic heterocycles. The summed E-state index contributed by atoms with van der Waals surface area (Å²) in [5, 5.41) is 13.5. The van der Waals surface area contributed by atoms with E-state index < -0.39 is 28.7 Å². The maximum absolute atomic E-state index is 12.8. The highest BCUT2D eigenvalue weighted by molar-refractivity contribution is 6.33. The number of carbonyl (C=O) groups is 3. The van der Waals surface area contributed by atoms with Crippen molar-refractivity contribution in [1.29, 1.82) is 0 Å². The summed E-state index contributed by atoms with van der Waals surface area (Å²) >= 11 is 5.82. The lowest BCUT2D eigenvalue weighted by atomic mass is 10.1. The third kappa shape index (κ3) is 4.06. The van der Waals surface area contributed by atoms with Crippen LogP contribution in [0.2, 0.25) is 5.02 Å². The molecule has 10 nitrogen and oxygen atoms in total. The van der Waals surface area contributed by atoms with Gasteiger partial charge in [-0.1, -0.05) is 11.6 Å². The number of barbiturate groups is 1. The van der Waals surface area contributed by atoms with Crippen molar-refractivity contribution in [3.05, 3.63) is 57.6 Å². The molecule has 0 spiro atoms. The second kappa shape index (κ2) is 8.07. The fraction of sp³-hybridized carbons (Fsp3) is 0.111. The zero-order chi connectivity index (χ0) is 21.1. The smallest absolute Gasteiger partial charge is 0.335 e. The van der Waals surface area contributed by atoms with Crippen LogP contribution < -0.4 is 15.0 Å². The molecule has 1 heterocycles. The van der Waals surface area contributed by atoms with Gasteiger partial charge in [0.2, 0.25) is 5.91 Å². The molecule has 11 heteroatoms. The number of amides is 4. The van der Waals surface area contributed by atoms with Crippen molar-refractivity contribution in [2.45, 2.75) is 0 Å². The molecule has 4 amide bonds. The number of ether oxygens (including phenoxy) is 1. The van der Waals surface area contributed by atoms with Crippen molar-refractivity contribution >= 4 is 52.7 Å². The van der Waals surface area contributed by atoms with Crippen LogP contribution in [0.1, 0.15) is 0 Å². The number of aliphatic imine (C=N–C) groups is 1. The summed E-state index contributed by atoms with van der Waals surface area (Å²) in [6.45, 7) is 0. The molecule has 0 aromatic heterocycles. The first kappa shape index (κ1) is 20.0. The molecule has 1 aliphatic rings. The van der Waals surface area contributed by atoms with E-state index >= 15 is 0 Å². The van der Waals surface area contributed by atoms with Crippen LogP contribution in [0.15, 0.2) is 47.5 Å². The van der Waals surface area contributed by atoms with Crippen LogP contribution in [-0.4, -0.2) is 36.1 Å². The largest absolute Gasteiger partial charge is 0.494 e. The van der Waals surface area contributed by atoms with E-state index in [2.05, 4.69) is 10.3 Å². The number of rotatable bonds is 5. The maximum Gasteiger partial charge on any atom is 0.335 e. The molecule has 29 heavy (non-hydrogen) atoms. The van der Waals surface area contributed by atoms with Gasteiger partial charge >= 0.3 is 6.03 Å². The van der Waals surface area contributed by atoms with E-state index in [1.807, 2.05) is 0 Å². The lowest BCUT2D eigenvalue weighted by molar-refractivity contribution is -0.384. The van der Waals surface area contributed by atoms with Crippen molar-refractivity contribution in [2.75, 3.05) is 12.0 Å². The van der Waals surface area contributed by atoms with E-state index in [1.165, 1.54) is 43.5 Å². The predicted molar refractivity (Wildman–Crippen MR) is 104 cm³/mol. The lowest BCUT2D eigenvalue weighted by Crippen LogP contribution is -2.58. The molecule has 0 radical (unpaired) electrons. The van der Waals surface area contributed by atoms with Gasteiger partial charge in [0, 0.05) is 23.4 Å². The second-order valence-electron chi connectivity index (χ2n) is 5.81. The number of benzene rings is 2. The molecule has 2 aromatic carbocycles. The van der Waals surface area contributed by atoms with Gasteiger partial charge in [-0.15, -0.1) is 0 Å². The topological polar surface area (TPSA) is 131 Å². The van der Waals surface area contributed by atoms with E-state index in [9.17, 15) is 24.5 Å². The Bertz CT molecular complexity index is 1040. The zero-order valence-electron chi connectivity index (χ0n) is 14.9. The maximum atomic E-state index is 12.8. The number of nitro benzene ring substituents is 1. The van der Waals surface area contributed by atoms with Gasteiger partial charge in [-0.2, -0.15) is 0 Å². The fourth-order valence-corrected chi connectivity index (χ4v) is 2.73. The first-order valence-corrected chi connectivity index (χ1v) is 8.50. The van der Waals surface area contributed by atoms with E-state index in [4.69, 9.17) is 16.3 Å². The molecule has 1 fully saturated rings. The number of methoxy groups -OCH3 is 1. The van der Waals surface area contributed by atoms with Crippen LogP contribution in [0.25, 0.3) is 0 Å². The van der Waals surface area contributed by atoms with Gasteiger partial charge in [-0.3, -0.25) is 30.0 Å². The molecule has 1 saturated heterocycles. The van der Waals surface area contributed by atoms with Crippen molar-refractivity contribution in [1.82, 2.24) is 5.32 Å². The Labute approximate surface area is 168 Å². The van der Waals surface area contributed by atoms with Crippen molar-refractivity contribution in [3.8, 4) is 5.75 Å². The number of imide groups is 2. The normalized spacial score (nSPS) is 16.8. The van der Waals surface area contributed by atoms with Gasteiger partial charge in [-0.25, -0.2) is 9.69 Å². The third-order valence-electron chi connectivity index (χ3n) is 4.02. The SMILES string of the molecule is COc1ccc([N+](=O)[O-])cc1N=C[C@H]1C(=O)NC(=O)N(c2ccc(Cl)cc2)C1=O. The van der Waals surface area contributed by atoms with Crippen LogP contribution in [0.4, 0.5) is 21.9 Å². The summed E-state index contributed by atoms with van der Waals surface area (Å²) in [6, 6.07) is 8.70. The molecule has 2 aromatic rings. The quantitative estimate of drug-likeness (QED) is 0.345. The molecular formula is C18H13ClN4O6. The van der Waals surface area contributed by atoms with E-state index in [0.717, 1.165) is 17.2 Å². The number of nitrogens with zero attached hydrogens (tertiary/aromatic N) is 3. The second-order valence-corrected chi connectivity index (χ2v) is 6.25. The number of nitrogens with one attached hydrogen (secondary N) is 1. The molecule has 1 N–H and O–H groups in total. The molecule has 0 bridgehead atoms. The van der Waals surface area contributed by atoms with Crippen LogP contribution in [0.3, 0.4) is 0 Å². The van der Waals surface area contributed by atoms with Gasteiger partial charge in [-0.05, 0) is 30.3 Å². The van der Waals surface area contributed by atoms with Crippen LogP contribution >= 0.6 is 11.6 Å². The Morgan fingerprint density at radius 1 is 1.21 bits per heavy atom. The summed E-state index contributed by atoms with van der Waals surface area (Å²) in [4.78, 5) is 52.2. The van der Waals surface area contributed by atoms with Crippen LogP contribution in [0, 0.1) is 16.0 Å². The average molecular weight is 417 g/mol. The highest BCUT2D eigenvalue weighted by atomic mass is 35.5. The Morgan fingerprint density at radius 2 is 1.90 bits per heavy atom. The van der Waals surface area contributed by atoms with Gasteiger partial charge < -0.3 is 4.74 Å². The first-order chi connectivity index (χ1) is 13.8. The zero-order valence-corrected chi connectivity index (χ0v) is 15.6. The number of hydrogen-bond acceptors (Lipinski definition) is 7. The summed E-state index contributed by atoms with van der Waals surface area (Å²) in [7, 11) is 1.35. The van der Waals surface area contributed by atoms with Crippen molar-refractivity contribution < 1.29 is 24.0 Å². The predicted octanol–water partition coefficient (Wildman–Crippen LogP) is 2.86. The standard InChI is InChI=1S/C18H13ClN4O6/c1-29-15-7-6-12(23(27)28)8-14(15)20-9-13-16(24)21-18(26)22(17(13)25)11-4-2-10(19)3-5-11/h2-9,13H,1H3,(H,21,24,26)/t13-/m0/s1. The van der Waals surface area contributed by atoms with E-state index in [1.54, 1.807) is 0 Å². The summed E-state index contributed by atoms with van der Waals surface area (Å²) in [6.07, 6.45) is 1.01. The Balaban J connectivity index is 1.93. The number of carbonyl (C=O) groups excluding carboxylic acids is 3. The Kier molecular flexibility index (Phi) is 5.55. The Hall–Kier alpha value is -3.79. The number of hydrogen-bond donors (Lipinski definition) is 1. The summed E-state index contributed by atoms with van der Waals surface area (Å²) in [5.74, 6) is -2.90. The molecule has 148 valence electrons. The highest BCUT2D eigenvalue weighted by Gasteiger charge is 2.40. The number of anilines is 1. The minimum absolute atomic E-state index is 0.0530. The summed E-state index contributed by atoms with van der Waals surface area (Å²) in [5.41, 5.74) is 0.0308. The molecular weight excluding hydrogens is 404 g/mol. The van der Waals surface area contributed by atoms with Gasteiger partial charge in [0.05, 0.1) is 17.7 Å². The monoisotopic (exact) mass is 416 g/mol. The molecule has 0 unspecified atom stereocenters. The first-order valence-electron chi connectivity index (χ1n) is 8.13. The number of non-ortho nitro benzene ring substituents is 1. The highest BCUT2D eigenvalue weighted by Crippen LogP contribution is 2.31. The number of halogens is 1. The summed E-state index contributed by atoms with van der Waals surface area (Å²) < 4.78 is 5.09.